The van der Waals surface area contributed by atoms with E-state index >= 15 is 0 Å². The number of benzene rings is 2. The molecule has 0 aromatic heterocycles. The van der Waals surface area contributed by atoms with Crippen molar-refractivity contribution in [1.29, 1.82) is 0 Å². The standard InChI is InChI=1S/C17H16O4S/c1-11(18)12-4-6-13(7-5-12)21-17(19)15-9-8-14(22-3)10-16(15)20-2/h4-10H,1-3H3. The average Bonchev–Trinajstić information content (AvgIpc) is 2.54. The molecule has 114 valence electrons. The quantitative estimate of drug-likeness (QED) is 0.363. The molecular weight excluding hydrogens is 300 g/mol. The zero-order valence-electron chi connectivity index (χ0n) is 12.6. The number of hydrogen-bond donors (Lipinski definition) is 0. The summed E-state index contributed by atoms with van der Waals surface area (Å²) in [7, 11) is 1.51. The highest BCUT2D eigenvalue weighted by Crippen LogP contribution is 2.26. The molecule has 0 heterocycles. The van der Waals surface area contributed by atoms with Crippen LogP contribution >= 0.6 is 11.8 Å². The fraction of sp³-hybridized carbons (Fsp3) is 0.176. The minimum Gasteiger partial charge on any atom is -0.496 e. The normalized spacial score (nSPS) is 10.1. The van der Waals surface area contributed by atoms with Crippen molar-refractivity contribution in [3.63, 3.8) is 0 Å². The second-order valence-corrected chi connectivity index (χ2v) is 5.42. The molecular formula is C17H16O4S. The Morgan fingerprint density at radius 1 is 1.05 bits per heavy atom. The molecule has 2 rings (SSSR count). The SMILES string of the molecule is COc1cc(SC)ccc1C(=O)Oc1ccc(C(C)=O)cc1. The van der Waals surface area contributed by atoms with Gasteiger partial charge in [0.05, 0.1) is 7.11 Å². The Labute approximate surface area is 133 Å². The fourth-order valence-corrected chi connectivity index (χ4v) is 2.32. The number of hydrogen-bond acceptors (Lipinski definition) is 5. The van der Waals surface area contributed by atoms with E-state index in [4.69, 9.17) is 9.47 Å². The Bertz CT molecular complexity index is 692. The molecule has 0 saturated heterocycles. The Balaban J connectivity index is 2.20. The van der Waals surface area contributed by atoms with Crippen molar-refractivity contribution in [1.82, 2.24) is 0 Å². The van der Waals surface area contributed by atoms with Crippen LogP contribution in [0.5, 0.6) is 11.5 Å². The molecule has 0 saturated carbocycles. The maximum absolute atomic E-state index is 12.2. The van der Waals surface area contributed by atoms with E-state index in [9.17, 15) is 9.59 Å². The van der Waals surface area contributed by atoms with Crippen LogP contribution in [0.3, 0.4) is 0 Å². The van der Waals surface area contributed by atoms with E-state index in [2.05, 4.69) is 0 Å². The molecule has 0 amide bonds. The van der Waals surface area contributed by atoms with Gasteiger partial charge in [0.1, 0.15) is 17.1 Å². The van der Waals surface area contributed by atoms with Gasteiger partial charge in [-0.3, -0.25) is 4.79 Å². The highest BCUT2D eigenvalue weighted by Gasteiger charge is 2.15. The molecule has 0 spiro atoms. The number of Topliss-reactive ketones (excluding diaryl/α,β-unsaturated/α-hetero) is 1. The predicted octanol–water partition coefficient (Wildman–Crippen LogP) is 3.84. The van der Waals surface area contributed by atoms with Gasteiger partial charge < -0.3 is 9.47 Å². The molecule has 0 aliphatic carbocycles. The lowest BCUT2D eigenvalue weighted by Crippen LogP contribution is -2.10. The maximum Gasteiger partial charge on any atom is 0.347 e. The largest absolute Gasteiger partial charge is 0.496 e. The first-order chi connectivity index (χ1) is 10.5. The molecule has 22 heavy (non-hydrogen) atoms. The van der Waals surface area contributed by atoms with Crippen molar-refractivity contribution >= 4 is 23.5 Å². The van der Waals surface area contributed by atoms with Crippen LogP contribution in [0.25, 0.3) is 0 Å². The van der Waals surface area contributed by atoms with E-state index in [0.717, 1.165) is 4.90 Å². The monoisotopic (exact) mass is 316 g/mol. The molecule has 2 aromatic rings. The van der Waals surface area contributed by atoms with Gasteiger partial charge in [0.25, 0.3) is 0 Å². The second-order valence-electron chi connectivity index (χ2n) is 4.54. The molecule has 0 unspecified atom stereocenters. The van der Waals surface area contributed by atoms with Gasteiger partial charge in [-0.1, -0.05) is 0 Å². The summed E-state index contributed by atoms with van der Waals surface area (Å²) in [5.74, 6) is 0.315. The number of carbonyl (C=O) groups excluding carboxylic acids is 2. The van der Waals surface area contributed by atoms with E-state index in [1.54, 1.807) is 48.2 Å². The molecule has 2 aromatic carbocycles. The molecule has 0 N–H and O–H groups in total. The number of ether oxygens (including phenoxy) is 2. The predicted molar refractivity (Wildman–Crippen MR) is 86.2 cm³/mol. The smallest absolute Gasteiger partial charge is 0.347 e. The van der Waals surface area contributed by atoms with E-state index in [-0.39, 0.29) is 5.78 Å². The minimum atomic E-state index is -0.500. The van der Waals surface area contributed by atoms with Crippen LogP contribution in [0.15, 0.2) is 47.4 Å². The lowest BCUT2D eigenvalue weighted by atomic mass is 10.1. The third kappa shape index (κ3) is 3.68. The summed E-state index contributed by atoms with van der Waals surface area (Å²) in [5, 5.41) is 0. The van der Waals surface area contributed by atoms with Crippen LogP contribution in [0.2, 0.25) is 0 Å². The average molecular weight is 316 g/mol. The number of methoxy groups -OCH3 is 1. The Morgan fingerprint density at radius 3 is 2.27 bits per heavy atom. The van der Waals surface area contributed by atoms with Crippen LogP contribution in [0, 0.1) is 0 Å². The summed E-state index contributed by atoms with van der Waals surface area (Å²) in [6, 6.07) is 11.7. The van der Waals surface area contributed by atoms with Gasteiger partial charge in [0, 0.05) is 10.5 Å². The van der Waals surface area contributed by atoms with Crippen molar-refractivity contribution in [3.05, 3.63) is 53.6 Å². The topological polar surface area (TPSA) is 52.6 Å². The van der Waals surface area contributed by atoms with Gasteiger partial charge in [-0.2, -0.15) is 0 Å². The van der Waals surface area contributed by atoms with Gasteiger partial charge in [0.2, 0.25) is 0 Å². The second kappa shape index (κ2) is 7.13. The number of rotatable bonds is 5. The van der Waals surface area contributed by atoms with Crippen molar-refractivity contribution in [2.75, 3.05) is 13.4 Å². The Kier molecular flexibility index (Phi) is 5.22. The van der Waals surface area contributed by atoms with Gasteiger partial charge in [-0.05, 0) is 55.6 Å². The van der Waals surface area contributed by atoms with E-state index in [0.29, 0.717) is 22.6 Å². The van der Waals surface area contributed by atoms with E-state index in [1.807, 2.05) is 12.3 Å². The zero-order valence-corrected chi connectivity index (χ0v) is 13.4. The fourth-order valence-electron chi connectivity index (χ4n) is 1.89. The molecule has 0 radical (unpaired) electrons. The van der Waals surface area contributed by atoms with Crippen LogP contribution in [0.4, 0.5) is 0 Å². The van der Waals surface area contributed by atoms with Gasteiger partial charge >= 0.3 is 5.97 Å². The van der Waals surface area contributed by atoms with Gasteiger partial charge in [-0.25, -0.2) is 4.79 Å². The van der Waals surface area contributed by atoms with Gasteiger partial charge in [0.15, 0.2) is 5.78 Å². The first-order valence-electron chi connectivity index (χ1n) is 6.60. The van der Waals surface area contributed by atoms with Crippen molar-refractivity contribution in [3.8, 4) is 11.5 Å². The highest BCUT2D eigenvalue weighted by atomic mass is 32.2. The number of esters is 1. The third-order valence-electron chi connectivity index (χ3n) is 3.10. The zero-order chi connectivity index (χ0) is 16.1. The van der Waals surface area contributed by atoms with Crippen molar-refractivity contribution in [2.24, 2.45) is 0 Å². The number of thioether (sulfide) groups is 1. The molecule has 0 aliphatic rings. The lowest BCUT2D eigenvalue weighted by Gasteiger charge is -2.10. The first-order valence-corrected chi connectivity index (χ1v) is 7.83. The van der Waals surface area contributed by atoms with Crippen molar-refractivity contribution in [2.45, 2.75) is 11.8 Å². The third-order valence-corrected chi connectivity index (χ3v) is 3.83. The molecule has 5 heteroatoms. The number of ketones is 1. The van der Waals surface area contributed by atoms with Crippen LogP contribution in [0.1, 0.15) is 27.6 Å². The molecule has 0 aliphatic heterocycles. The number of carbonyl (C=O) groups is 2. The van der Waals surface area contributed by atoms with Crippen molar-refractivity contribution < 1.29 is 19.1 Å². The molecule has 4 nitrogen and oxygen atoms in total. The Morgan fingerprint density at radius 2 is 1.73 bits per heavy atom. The molecule has 0 bridgehead atoms. The van der Waals surface area contributed by atoms with Crippen LogP contribution in [-0.2, 0) is 0 Å². The van der Waals surface area contributed by atoms with Crippen LogP contribution in [-0.4, -0.2) is 25.1 Å². The molecule has 0 fully saturated rings. The Hall–Kier alpha value is -2.27. The minimum absolute atomic E-state index is 0.0350. The highest BCUT2D eigenvalue weighted by molar-refractivity contribution is 7.98. The summed E-state index contributed by atoms with van der Waals surface area (Å²) >= 11 is 1.56. The molecule has 0 atom stereocenters. The van der Waals surface area contributed by atoms with Crippen LogP contribution < -0.4 is 9.47 Å². The van der Waals surface area contributed by atoms with E-state index < -0.39 is 5.97 Å². The van der Waals surface area contributed by atoms with Gasteiger partial charge in [-0.15, -0.1) is 11.8 Å². The maximum atomic E-state index is 12.2. The van der Waals surface area contributed by atoms with E-state index in [1.165, 1.54) is 14.0 Å². The summed E-state index contributed by atoms with van der Waals surface area (Å²) < 4.78 is 10.6. The summed E-state index contributed by atoms with van der Waals surface area (Å²) in [4.78, 5) is 24.5. The summed E-state index contributed by atoms with van der Waals surface area (Å²) in [5.41, 5.74) is 0.928. The summed E-state index contributed by atoms with van der Waals surface area (Å²) in [6.45, 7) is 1.49. The summed E-state index contributed by atoms with van der Waals surface area (Å²) in [6.07, 6.45) is 1.95. The first kappa shape index (κ1) is 16.1. The lowest BCUT2D eigenvalue weighted by molar-refractivity contribution is 0.0731.